The van der Waals surface area contributed by atoms with Gasteiger partial charge in [-0.05, 0) is 43.0 Å². The normalized spacial score (nSPS) is 22.6. The zero-order valence-corrected chi connectivity index (χ0v) is 15.0. The lowest BCUT2D eigenvalue weighted by Crippen LogP contribution is -2.48. The first-order valence-corrected chi connectivity index (χ1v) is 9.37. The fourth-order valence-corrected chi connectivity index (χ4v) is 4.13. The monoisotopic (exact) mass is 352 g/mol. The molecule has 1 aromatic heterocycles. The lowest BCUT2D eigenvalue weighted by atomic mass is 9.94. The molecule has 3 fully saturated rings. The molecule has 5 rings (SSSR count). The number of hydrogen-bond donors (Lipinski definition) is 1. The Labute approximate surface area is 153 Å². The van der Waals surface area contributed by atoms with Gasteiger partial charge in [0.15, 0.2) is 0 Å². The predicted octanol–water partition coefficient (Wildman–Crippen LogP) is 2.55. The van der Waals surface area contributed by atoms with Gasteiger partial charge in [-0.3, -0.25) is 14.7 Å². The Morgan fingerprint density at radius 2 is 2.00 bits per heavy atom. The average molecular weight is 352 g/mol. The molecule has 2 bridgehead atoms. The number of nitrogens with zero attached hydrogens (tertiary/aromatic N) is 3. The van der Waals surface area contributed by atoms with Crippen LogP contribution in [0.15, 0.2) is 36.5 Å². The molecule has 26 heavy (non-hydrogen) atoms. The van der Waals surface area contributed by atoms with Crippen LogP contribution in [-0.4, -0.2) is 57.5 Å². The van der Waals surface area contributed by atoms with Gasteiger partial charge >= 0.3 is 0 Å². The van der Waals surface area contributed by atoms with Crippen molar-refractivity contribution in [1.29, 1.82) is 0 Å². The molecule has 6 heteroatoms. The number of aromatic amines is 1. The summed E-state index contributed by atoms with van der Waals surface area (Å²) in [6, 6.07) is 9.64. The fourth-order valence-electron chi connectivity index (χ4n) is 4.13. The number of H-pyrrole nitrogens is 1. The summed E-state index contributed by atoms with van der Waals surface area (Å²) in [5.74, 6) is 0.200. The Kier molecular flexibility index (Phi) is 4.49. The summed E-state index contributed by atoms with van der Waals surface area (Å²) in [5.41, 5.74) is 2.60. The molecule has 6 nitrogen and oxygen atoms in total. The van der Waals surface area contributed by atoms with Gasteiger partial charge in [-0.25, -0.2) is 0 Å². The number of nitrogens with one attached hydrogen (secondary N) is 1. The van der Waals surface area contributed by atoms with E-state index in [-0.39, 0.29) is 23.8 Å². The number of piperidine rings is 1. The second-order valence-electron chi connectivity index (χ2n) is 7.22. The SMILES string of the molecule is CCCN1C(=O)[C@H]2CC[C@@H]1CN(C(=O)c1ccc(-c3ccn[nH]3)cc1)C2. The third kappa shape index (κ3) is 3.00. The Balaban J connectivity index is 1.52. The highest BCUT2D eigenvalue weighted by atomic mass is 16.2. The number of carbonyl (C=O) groups is 2. The molecular formula is C20H24N4O2. The van der Waals surface area contributed by atoms with Crippen LogP contribution in [0.5, 0.6) is 0 Å². The molecule has 3 aliphatic rings. The molecule has 3 aliphatic heterocycles. The van der Waals surface area contributed by atoms with Gasteiger partial charge in [0, 0.05) is 37.4 Å². The summed E-state index contributed by atoms with van der Waals surface area (Å²) in [6.07, 6.45) is 4.56. The fraction of sp³-hybridized carbons (Fsp3) is 0.450. The van der Waals surface area contributed by atoms with Gasteiger partial charge in [0.2, 0.25) is 5.91 Å². The Hall–Kier alpha value is -2.63. The number of rotatable bonds is 4. The first-order valence-electron chi connectivity index (χ1n) is 9.37. The van der Waals surface area contributed by atoms with Crippen molar-refractivity contribution in [1.82, 2.24) is 20.0 Å². The number of amides is 2. The molecule has 1 N–H and O–H groups in total. The Morgan fingerprint density at radius 3 is 2.69 bits per heavy atom. The van der Waals surface area contributed by atoms with Crippen molar-refractivity contribution in [3.8, 4) is 11.3 Å². The van der Waals surface area contributed by atoms with Gasteiger partial charge in [-0.15, -0.1) is 0 Å². The van der Waals surface area contributed by atoms with Crippen molar-refractivity contribution in [3.63, 3.8) is 0 Å². The first kappa shape index (κ1) is 16.8. The van der Waals surface area contributed by atoms with E-state index in [1.165, 1.54) is 0 Å². The van der Waals surface area contributed by atoms with Crippen LogP contribution in [0.25, 0.3) is 11.3 Å². The number of hydrogen-bond acceptors (Lipinski definition) is 3. The van der Waals surface area contributed by atoms with E-state index < -0.39 is 0 Å². The summed E-state index contributed by atoms with van der Waals surface area (Å²) < 4.78 is 0. The molecule has 0 aliphatic carbocycles. The van der Waals surface area contributed by atoms with Crippen molar-refractivity contribution in [3.05, 3.63) is 42.1 Å². The smallest absolute Gasteiger partial charge is 0.253 e. The molecule has 136 valence electrons. The summed E-state index contributed by atoms with van der Waals surface area (Å²) >= 11 is 0. The zero-order valence-electron chi connectivity index (χ0n) is 15.0. The van der Waals surface area contributed by atoms with Crippen molar-refractivity contribution in [2.45, 2.75) is 32.2 Å². The van der Waals surface area contributed by atoms with Gasteiger partial charge in [-0.1, -0.05) is 19.1 Å². The van der Waals surface area contributed by atoms with Crippen molar-refractivity contribution >= 4 is 11.8 Å². The van der Waals surface area contributed by atoms with Gasteiger partial charge in [0.1, 0.15) is 0 Å². The number of fused-ring (bicyclic) bond motifs is 4. The third-order valence-corrected chi connectivity index (χ3v) is 5.49. The standard InChI is InChI=1S/C20H24N4O2/c1-2-11-24-17-8-7-16(20(24)26)12-23(13-17)19(25)15-5-3-14(4-6-15)18-9-10-21-22-18/h3-6,9-10,16-17H,2,7-8,11-13H2,1H3,(H,21,22)/t16-,17+/m0/s1. The topological polar surface area (TPSA) is 69.3 Å². The molecule has 2 amide bonds. The quantitative estimate of drug-likeness (QED) is 0.919. The maximum absolute atomic E-state index is 13.0. The van der Waals surface area contributed by atoms with Gasteiger partial charge in [0.25, 0.3) is 5.91 Å². The highest BCUT2D eigenvalue weighted by Gasteiger charge is 2.41. The van der Waals surface area contributed by atoms with Crippen LogP contribution in [0.3, 0.4) is 0 Å². The molecule has 1 aromatic carbocycles. The average Bonchev–Trinajstić information content (AvgIpc) is 3.07. The van der Waals surface area contributed by atoms with E-state index >= 15 is 0 Å². The highest BCUT2D eigenvalue weighted by molar-refractivity contribution is 5.95. The minimum absolute atomic E-state index is 0.0178. The molecule has 2 atom stereocenters. The van der Waals surface area contributed by atoms with Gasteiger partial charge in [-0.2, -0.15) is 5.10 Å². The minimum atomic E-state index is -0.0477. The van der Waals surface area contributed by atoms with E-state index in [9.17, 15) is 9.59 Å². The predicted molar refractivity (Wildman–Crippen MR) is 98.4 cm³/mol. The van der Waals surface area contributed by atoms with Crippen LogP contribution < -0.4 is 0 Å². The van der Waals surface area contributed by atoms with Crippen molar-refractivity contribution in [2.75, 3.05) is 19.6 Å². The summed E-state index contributed by atoms with van der Waals surface area (Å²) in [5, 5.41) is 6.88. The van der Waals surface area contributed by atoms with E-state index in [1.54, 1.807) is 6.20 Å². The lowest BCUT2D eigenvalue weighted by Gasteiger charge is -2.35. The minimum Gasteiger partial charge on any atom is -0.338 e. The van der Waals surface area contributed by atoms with Crippen LogP contribution in [0, 0.1) is 5.92 Å². The van der Waals surface area contributed by atoms with E-state index in [0.29, 0.717) is 18.7 Å². The molecule has 4 heterocycles. The maximum atomic E-state index is 13.0. The van der Waals surface area contributed by atoms with Crippen LogP contribution in [-0.2, 0) is 4.79 Å². The van der Waals surface area contributed by atoms with Crippen molar-refractivity contribution in [2.24, 2.45) is 5.92 Å². The summed E-state index contributed by atoms with van der Waals surface area (Å²) in [7, 11) is 0. The second-order valence-corrected chi connectivity index (χ2v) is 7.22. The Bertz CT molecular complexity index is 785. The second kappa shape index (κ2) is 6.94. The number of aromatic nitrogens is 2. The molecule has 3 saturated heterocycles. The van der Waals surface area contributed by atoms with Crippen molar-refractivity contribution < 1.29 is 9.59 Å². The lowest BCUT2D eigenvalue weighted by molar-refractivity contribution is -0.139. The van der Waals surface area contributed by atoms with E-state index in [2.05, 4.69) is 17.1 Å². The van der Waals surface area contributed by atoms with E-state index in [4.69, 9.17) is 0 Å². The van der Waals surface area contributed by atoms with Crippen LogP contribution in [0.1, 0.15) is 36.5 Å². The molecule has 0 spiro atoms. The first-order chi connectivity index (χ1) is 12.7. The van der Waals surface area contributed by atoms with E-state index in [1.807, 2.05) is 40.1 Å². The largest absolute Gasteiger partial charge is 0.338 e. The summed E-state index contributed by atoms with van der Waals surface area (Å²) in [6.45, 7) is 4.07. The van der Waals surface area contributed by atoms with Crippen LogP contribution >= 0.6 is 0 Å². The van der Waals surface area contributed by atoms with Gasteiger partial charge in [0.05, 0.1) is 11.6 Å². The van der Waals surface area contributed by atoms with E-state index in [0.717, 1.165) is 37.1 Å². The molecular weight excluding hydrogens is 328 g/mol. The Morgan fingerprint density at radius 1 is 1.19 bits per heavy atom. The van der Waals surface area contributed by atoms with Crippen LogP contribution in [0.4, 0.5) is 0 Å². The number of carbonyl (C=O) groups excluding carboxylic acids is 2. The molecule has 0 unspecified atom stereocenters. The zero-order chi connectivity index (χ0) is 18.1. The van der Waals surface area contributed by atoms with Crippen LogP contribution in [0.2, 0.25) is 0 Å². The molecule has 2 aromatic rings. The molecule has 0 radical (unpaired) electrons. The molecule has 0 saturated carbocycles. The third-order valence-electron chi connectivity index (χ3n) is 5.49. The number of benzene rings is 1. The highest BCUT2D eigenvalue weighted by Crippen LogP contribution is 2.30. The maximum Gasteiger partial charge on any atom is 0.253 e. The van der Waals surface area contributed by atoms with Gasteiger partial charge < -0.3 is 9.80 Å². The summed E-state index contributed by atoms with van der Waals surface area (Å²) in [4.78, 5) is 29.6.